The molecule has 1 aliphatic heterocycles. The third kappa shape index (κ3) is 2.34. The first-order valence-electron chi connectivity index (χ1n) is 5.82. The van der Waals surface area contributed by atoms with Crippen molar-refractivity contribution in [3.63, 3.8) is 0 Å². The van der Waals surface area contributed by atoms with E-state index in [-0.39, 0.29) is 12.4 Å². The maximum atomic E-state index is 14.7. The molecule has 0 saturated carbocycles. The van der Waals surface area contributed by atoms with Crippen LogP contribution in [0.15, 0.2) is 17.1 Å². The molecule has 19 heavy (non-hydrogen) atoms. The number of halogens is 1. The smallest absolute Gasteiger partial charge is 0.349 e. The Morgan fingerprint density at radius 3 is 3.00 bits per heavy atom. The number of hydrogen-bond donors (Lipinski definition) is 3. The van der Waals surface area contributed by atoms with E-state index in [2.05, 4.69) is 4.98 Å². The van der Waals surface area contributed by atoms with Crippen molar-refractivity contribution < 1.29 is 19.3 Å². The molecule has 106 valence electrons. The van der Waals surface area contributed by atoms with Crippen LogP contribution < -0.4 is 11.4 Å². The molecule has 0 spiro atoms. The summed E-state index contributed by atoms with van der Waals surface area (Å²) in [5.74, 6) is 0.0346. The van der Waals surface area contributed by atoms with E-state index in [0.717, 1.165) is 11.5 Å². The van der Waals surface area contributed by atoms with Crippen molar-refractivity contribution in [2.45, 2.75) is 30.8 Å². The van der Waals surface area contributed by atoms with Gasteiger partial charge in [0.05, 0.1) is 19.3 Å². The number of nitrogens with two attached hydrogens (primary N) is 1. The van der Waals surface area contributed by atoms with E-state index in [9.17, 15) is 14.3 Å². The summed E-state index contributed by atoms with van der Waals surface area (Å²) < 4.78 is 20.9. The Labute approximate surface area is 108 Å². The van der Waals surface area contributed by atoms with Crippen LogP contribution in [0.3, 0.4) is 0 Å². The molecule has 0 aliphatic carbocycles. The topological polar surface area (TPSA) is 111 Å². The number of nitrogens with zero attached hydrogens (tertiary/aromatic N) is 2. The van der Waals surface area contributed by atoms with Gasteiger partial charge in [-0.3, -0.25) is 4.57 Å². The number of aliphatic hydroxyl groups is 2. The SMILES string of the molecule is CC1(F)C(O)C(CO)OCC1n1ccc(N)nc1=O. The summed E-state index contributed by atoms with van der Waals surface area (Å²) in [6.45, 7) is 0.513. The van der Waals surface area contributed by atoms with Gasteiger partial charge in [0.1, 0.15) is 18.0 Å². The minimum Gasteiger partial charge on any atom is -0.394 e. The predicted molar refractivity (Wildman–Crippen MR) is 64.3 cm³/mol. The van der Waals surface area contributed by atoms with E-state index >= 15 is 0 Å². The fourth-order valence-electron chi connectivity index (χ4n) is 2.20. The van der Waals surface area contributed by atoms with Crippen LogP contribution >= 0.6 is 0 Å². The molecule has 0 aromatic carbocycles. The lowest BCUT2D eigenvalue weighted by Crippen LogP contribution is -2.58. The number of ether oxygens (including phenoxy) is 1. The first-order valence-corrected chi connectivity index (χ1v) is 5.82. The molecule has 4 atom stereocenters. The number of nitrogen functional groups attached to an aromatic ring is 1. The fourth-order valence-corrected chi connectivity index (χ4v) is 2.20. The summed E-state index contributed by atoms with van der Waals surface area (Å²) in [5.41, 5.74) is 2.52. The zero-order valence-electron chi connectivity index (χ0n) is 10.4. The Hall–Kier alpha value is -1.51. The molecule has 0 radical (unpaired) electrons. The summed E-state index contributed by atoms with van der Waals surface area (Å²) in [7, 11) is 0. The number of anilines is 1. The van der Waals surface area contributed by atoms with Crippen LogP contribution in [0, 0.1) is 0 Å². The van der Waals surface area contributed by atoms with Crippen molar-refractivity contribution >= 4 is 5.82 Å². The maximum Gasteiger partial charge on any atom is 0.349 e. The molecular formula is C11H16FN3O4. The molecule has 1 aliphatic rings. The van der Waals surface area contributed by atoms with Gasteiger partial charge in [-0.15, -0.1) is 0 Å². The predicted octanol–water partition coefficient (Wildman–Crippen LogP) is -1.15. The molecule has 7 nitrogen and oxygen atoms in total. The van der Waals surface area contributed by atoms with Gasteiger partial charge in [0.25, 0.3) is 0 Å². The largest absolute Gasteiger partial charge is 0.394 e. The summed E-state index contributed by atoms with van der Waals surface area (Å²) >= 11 is 0. The second kappa shape index (κ2) is 4.87. The highest BCUT2D eigenvalue weighted by molar-refractivity contribution is 5.24. The number of hydrogen-bond acceptors (Lipinski definition) is 6. The normalized spacial score (nSPS) is 35.3. The van der Waals surface area contributed by atoms with E-state index in [1.807, 2.05) is 0 Å². The molecule has 1 aromatic heterocycles. The van der Waals surface area contributed by atoms with E-state index in [1.165, 1.54) is 12.3 Å². The van der Waals surface area contributed by atoms with Crippen LogP contribution in [0.1, 0.15) is 13.0 Å². The van der Waals surface area contributed by atoms with Crippen molar-refractivity contribution in [1.82, 2.24) is 9.55 Å². The Kier molecular flexibility index (Phi) is 3.57. The van der Waals surface area contributed by atoms with Gasteiger partial charge < -0.3 is 20.7 Å². The lowest BCUT2D eigenvalue weighted by atomic mass is 9.86. The maximum absolute atomic E-state index is 14.7. The van der Waals surface area contributed by atoms with E-state index in [1.54, 1.807) is 0 Å². The Balaban J connectivity index is 2.37. The monoisotopic (exact) mass is 273 g/mol. The molecular weight excluding hydrogens is 257 g/mol. The summed E-state index contributed by atoms with van der Waals surface area (Å²) in [5, 5.41) is 18.8. The van der Waals surface area contributed by atoms with Gasteiger partial charge in [-0.2, -0.15) is 4.98 Å². The number of alkyl halides is 1. The molecule has 8 heteroatoms. The summed E-state index contributed by atoms with van der Waals surface area (Å²) in [6.07, 6.45) is -1.24. The van der Waals surface area contributed by atoms with Crippen LogP contribution in [0.2, 0.25) is 0 Å². The van der Waals surface area contributed by atoms with Gasteiger partial charge in [-0.1, -0.05) is 0 Å². The molecule has 2 heterocycles. The zero-order valence-corrected chi connectivity index (χ0v) is 10.4. The van der Waals surface area contributed by atoms with Crippen molar-refractivity contribution in [2.75, 3.05) is 18.9 Å². The van der Waals surface area contributed by atoms with Crippen LogP contribution in [0.5, 0.6) is 0 Å². The van der Waals surface area contributed by atoms with Gasteiger partial charge in [-0.25, -0.2) is 9.18 Å². The lowest BCUT2D eigenvalue weighted by molar-refractivity contribution is -0.187. The molecule has 1 aromatic rings. The number of rotatable bonds is 2. The Morgan fingerprint density at radius 1 is 1.74 bits per heavy atom. The van der Waals surface area contributed by atoms with Crippen molar-refractivity contribution in [1.29, 1.82) is 0 Å². The van der Waals surface area contributed by atoms with Gasteiger partial charge in [0.2, 0.25) is 0 Å². The average molecular weight is 273 g/mol. The van der Waals surface area contributed by atoms with Crippen molar-refractivity contribution in [2.24, 2.45) is 0 Å². The third-order valence-corrected chi connectivity index (χ3v) is 3.42. The van der Waals surface area contributed by atoms with Crippen LogP contribution in [-0.4, -0.2) is 50.9 Å². The fraction of sp³-hybridized carbons (Fsp3) is 0.636. The van der Waals surface area contributed by atoms with Crippen LogP contribution in [-0.2, 0) is 4.74 Å². The molecule has 1 saturated heterocycles. The first kappa shape index (κ1) is 13.9. The van der Waals surface area contributed by atoms with Crippen molar-refractivity contribution in [3.05, 3.63) is 22.7 Å². The van der Waals surface area contributed by atoms with Crippen molar-refractivity contribution in [3.8, 4) is 0 Å². The molecule has 4 N–H and O–H groups in total. The van der Waals surface area contributed by atoms with E-state index in [4.69, 9.17) is 15.6 Å². The second-order valence-corrected chi connectivity index (χ2v) is 4.71. The number of aromatic nitrogens is 2. The molecule has 1 fully saturated rings. The first-order chi connectivity index (χ1) is 8.87. The van der Waals surface area contributed by atoms with Gasteiger partial charge in [0, 0.05) is 6.20 Å². The third-order valence-electron chi connectivity index (χ3n) is 3.42. The standard InChI is InChI=1S/C11H16FN3O4/c1-11(12)7(5-19-6(4-16)9(11)17)15-3-2-8(13)14-10(15)18/h2-3,6-7,9,16-17H,4-5H2,1H3,(H2,13,14,18). The highest BCUT2D eigenvalue weighted by Gasteiger charge is 2.50. The zero-order chi connectivity index (χ0) is 14.2. The molecule has 2 rings (SSSR count). The van der Waals surface area contributed by atoms with Gasteiger partial charge >= 0.3 is 5.69 Å². The quantitative estimate of drug-likeness (QED) is 0.627. The lowest BCUT2D eigenvalue weighted by Gasteiger charge is -2.42. The minimum atomic E-state index is -2.13. The van der Waals surface area contributed by atoms with E-state index in [0.29, 0.717) is 0 Å². The molecule has 4 unspecified atom stereocenters. The van der Waals surface area contributed by atoms with Crippen LogP contribution in [0.25, 0.3) is 0 Å². The average Bonchev–Trinajstić information content (AvgIpc) is 2.34. The minimum absolute atomic E-state index is 0.0346. The highest BCUT2D eigenvalue weighted by Crippen LogP contribution is 2.36. The van der Waals surface area contributed by atoms with Gasteiger partial charge in [0.15, 0.2) is 5.67 Å². The Morgan fingerprint density at radius 2 is 2.42 bits per heavy atom. The second-order valence-electron chi connectivity index (χ2n) is 4.71. The summed E-state index contributed by atoms with van der Waals surface area (Å²) in [6, 6.07) is 0.327. The van der Waals surface area contributed by atoms with Crippen LogP contribution in [0.4, 0.5) is 10.2 Å². The summed E-state index contributed by atoms with van der Waals surface area (Å²) in [4.78, 5) is 15.2. The van der Waals surface area contributed by atoms with Gasteiger partial charge in [-0.05, 0) is 13.0 Å². The number of aliphatic hydroxyl groups excluding tert-OH is 2. The highest BCUT2D eigenvalue weighted by atomic mass is 19.1. The van der Waals surface area contributed by atoms with E-state index < -0.39 is 36.2 Å². The molecule has 0 amide bonds. The molecule has 0 bridgehead atoms. The Bertz CT molecular complexity index is 519.